The van der Waals surface area contributed by atoms with Crippen molar-refractivity contribution < 1.29 is 4.74 Å². The first-order valence-electron chi connectivity index (χ1n) is 15.4. The van der Waals surface area contributed by atoms with E-state index in [0.717, 1.165) is 67.6 Å². The molecule has 10 rings (SSSR count). The van der Waals surface area contributed by atoms with Gasteiger partial charge in [-0.15, -0.1) is 0 Å². The van der Waals surface area contributed by atoms with Crippen LogP contribution in [0.2, 0.25) is 0 Å². The molecule has 46 heavy (non-hydrogen) atoms. The summed E-state index contributed by atoms with van der Waals surface area (Å²) in [4.78, 5) is 16.7. The van der Waals surface area contributed by atoms with Crippen LogP contribution in [0.4, 0.5) is 17.2 Å². The fourth-order valence-corrected chi connectivity index (χ4v) is 7.64. The molecule has 0 bridgehead atoms. The van der Waals surface area contributed by atoms with Crippen LogP contribution in [0.5, 0.6) is 11.5 Å². The summed E-state index contributed by atoms with van der Waals surface area (Å²) in [7, 11) is 0. The number of benzene rings is 4. The van der Waals surface area contributed by atoms with E-state index in [9.17, 15) is 0 Å². The summed E-state index contributed by atoms with van der Waals surface area (Å²) >= 11 is 0. The topological polar surface area (TPSA) is 56.1 Å². The number of rotatable bonds is 2. The second-order valence-corrected chi connectivity index (χ2v) is 11.7. The second-order valence-electron chi connectivity index (χ2n) is 11.7. The first kappa shape index (κ1) is 25.1. The van der Waals surface area contributed by atoms with Gasteiger partial charge in [0.05, 0.1) is 39.7 Å². The molecule has 6 nitrogen and oxygen atoms in total. The van der Waals surface area contributed by atoms with Gasteiger partial charge in [0.25, 0.3) is 0 Å². The van der Waals surface area contributed by atoms with Crippen molar-refractivity contribution in [3.8, 4) is 17.2 Å². The molecule has 8 aromatic rings. The summed E-state index contributed by atoms with van der Waals surface area (Å²) in [5.74, 6) is 2.58. The quantitative estimate of drug-likeness (QED) is 0.201. The summed E-state index contributed by atoms with van der Waals surface area (Å²) in [6.45, 7) is 0. The monoisotopic (exact) mass is 591 g/mol. The molecule has 1 spiro atoms. The number of fused-ring (bicyclic) bond motifs is 11. The lowest BCUT2D eigenvalue weighted by atomic mass is 9.61. The summed E-state index contributed by atoms with van der Waals surface area (Å²) in [6.07, 6.45) is 5.58. The maximum Gasteiger partial charge on any atom is 0.137 e. The third-order valence-electron chi connectivity index (χ3n) is 9.40. The molecule has 2 aliphatic heterocycles. The molecule has 0 unspecified atom stereocenters. The standard InChI is InChI=1S/C40H25N5O/c1-5-15-31-27(11-1)40(29-13-3-7-19-35(29)46-36-20-8-4-14-30(36)40)28-12-2-6-16-32(28)45(31)37-22-21-26(25-43-37)44-33-17-9-23-41-38(33)39-34(44)18-10-24-42-39/h1-25H. The molecule has 0 N–H and O–H groups in total. The zero-order valence-corrected chi connectivity index (χ0v) is 24.6. The third-order valence-corrected chi connectivity index (χ3v) is 9.40. The molecule has 0 saturated heterocycles. The average molecular weight is 592 g/mol. The van der Waals surface area contributed by atoms with E-state index in [1.807, 2.05) is 42.9 Å². The van der Waals surface area contributed by atoms with E-state index >= 15 is 0 Å². The van der Waals surface area contributed by atoms with Crippen molar-refractivity contribution in [2.75, 3.05) is 4.90 Å². The molecule has 2 aliphatic rings. The van der Waals surface area contributed by atoms with Crippen molar-refractivity contribution in [3.63, 3.8) is 0 Å². The van der Waals surface area contributed by atoms with Crippen molar-refractivity contribution in [2.45, 2.75) is 5.41 Å². The Labute approximate surface area is 264 Å². The van der Waals surface area contributed by atoms with Crippen molar-refractivity contribution in [1.29, 1.82) is 0 Å². The van der Waals surface area contributed by atoms with Crippen LogP contribution in [0.25, 0.3) is 27.8 Å². The Morgan fingerprint density at radius 2 is 1.00 bits per heavy atom. The van der Waals surface area contributed by atoms with E-state index in [1.165, 1.54) is 11.1 Å². The van der Waals surface area contributed by atoms with Crippen molar-refractivity contribution in [1.82, 2.24) is 19.5 Å². The normalized spacial score (nSPS) is 14.0. The molecule has 6 heteroatoms. The Balaban J connectivity index is 1.21. The van der Waals surface area contributed by atoms with Crippen LogP contribution in [-0.4, -0.2) is 19.5 Å². The number of aromatic nitrogens is 4. The number of nitrogens with zero attached hydrogens (tertiary/aromatic N) is 5. The highest BCUT2D eigenvalue weighted by atomic mass is 16.5. The molecule has 216 valence electrons. The largest absolute Gasteiger partial charge is 0.457 e. The van der Waals surface area contributed by atoms with Crippen LogP contribution in [-0.2, 0) is 5.41 Å². The minimum absolute atomic E-state index is 0.571. The van der Waals surface area contributed by atoms with Gasteiger partial charge < -0.3 is 9.30 Å². The molecular formula is C40H25N5O. The molecule has 0 atom stereocenters. The Morgan fingerprint density at radius 1 is 0.478 bits per heavy atom. The zero-order valence-electron chi connectivity index (χ0n) is 24.6. The van der Waals surface area contributed by atoms with Crippen molar-refractivity contribution in [2.24, 2.45) is 0 Å². The van der Waals surface area contributed by atoms with Crippen molar-refractivity contribution in [3.05, 3.63) is 174 Å². The van der Waals surface area contributed by atoms with Gasteiger partial charge in [-0.05, 0) is 71.8 Å². The summed E-state index contributed by atoms with van der Waals surface area (Å²) in [5, 5.41) is 0. The highest BCUT2D eigenvalue weighted by Gasteiger charge is 2.51. The van der Waals surface area contributed by atoms with Crippen LogP contribution in [0.15, 0.2) is 152 Å². The smallest absolute Gasteiger partial charge is 0.137 e. The molecular weight excluding hydrogens is 566 g/mol. The lowest BCUT2D eigenvalue weighted by Gasteiger charge is -2.48. The molecule has 0 saturated carbocycles. The first-order chi connectivity index (χ1) is 22.8. The minimum Gasteiger partial charge on any atom is -0.457 e. The number of hydrogen-bond acceptors (Lipinski definition) is 5. The average Bonchev–Trinajstić information content (AvgIpc) is 3.46. The number of pyridine rings is 3. The first-order valence-corrected chi connectivity index (χ1v) is 15.4. The van der Waals surface area contributed by atoms with E-state index in [0.29, 0.717) is 0 Å². The summed E-state index contributed by atoms with van der Waals surface area (Å²) in [5.41, 5.74) is 10.9. The predicted octanol–water partition coefficient (Wildman–Crippen LogP) is 9.24. The van der Waals surface area contributed by atoms with E-state index in [-0.39, 0.29) is 0 Å². The van der Waals surface area contributed by atoms with Gasteiger partial charge in [-0.2, -0.15) is 0 Å². The lowest BCUT2D eigenvalue weighted by molar-refractivity contribution is 0.434. The SMILES string of the molecule is c1ccc2c(c1)Oc1ccccc1C21c2ccccc2N(c2ccc(-n3c4cccnc4c4ncccc43)cn2)c2ccccc21. The van der Waals surface area contributed by atoms with Crippen LogP contribution in [0.1, 0.15) is 22.3 Å². The Kier molecular flexibility index (Phi) is 5.11. The zero-order chi connectivity index (χ0) is 30.2. The third kappa shape index (κ3) is 3.22. The Morgan fingerprint density at radius 3 is 1.54 bits per heavy atom. The fraction of sp³-hybridized carbons (Fsp3) is 0.0250. The van der Waals surface area contributed by atoms with Crippen LogP contribution in [0, 0.1) is 0 Å². The maximum absolute atomic E-state index is 6.52. The van der Waals surface area contributed by atoms with Gasteiger partial charge in [-0.3, -0.25) is 14.9 Å². The molecule has 4 aromatic heterocycles. The summed E-state index contributed by atoms with van der Waals surface area (Å²) < 4.78 is 8.70. The van der Waals surface area contributed by atoms with Gasteiger partial charge in [0.1, 0.15) is 28.4 Å². The Bertz CT molecular complexity index is 2330. The molecule has 0 aliphatic carbocycles. The molecule has 4 aromatic carbocycles. The number of ether oxygens (including phenoxy) is 1. The number of para-hydroxylation sites is 4. The van der Waals surface area contributed by atoms with E-state index in [4.69, 9.17) is 9.72 Å². The summed E-state index contributed by atoms with van der Waals surface area (Å²) in [6, 6.07) is 46.6. The lowest BCUT2D eigenvalue weighted by Crippen LogP contribution is -2.39. The number of hydrogen-bond donors (Lipinski definition) is 0. The maximum atomic E-state index is 6.52. The molecule has 0 amide bonds. The van der Waals surface area contributed by atoms with Crippen LogP contribution < -0.4 is 9.64 Å². The highest BCUT2D eigenvalue weighted by molar-refractivity contribution is 6.04. The Hall–Kier alpha value is -6.27. The van der Waals surface area contributed by atoms with E-state index in [2.05, 4.69) is 129 Å². The predicted molar refractivity (Wildman–Crippen MR) is 181 cm³/mol. The van der Waals surface area contributed by atoms with Gasteiger partial charge in [0, 0.05) is 23.5 Å². The van der Waals surface area contributed by atoms with Gasteiger partial charge in [0.2, 0.25) is 0 Å². The van der Waals surface area contributed by atoms with Crippen molar-refractivity contribution >= 4 is 39.3 Å². The molecule has 0 radical (unpaired) electrons. The number of anilines is 3. The fourth-order valence-electron chi connectivity index (χ4n) is 7.64. The minimum atomic E-state index is -0.571. The van der Waals surface area contributed by atoms with Gasteiger partial charge in [-0.25, -0.2) is 4.98 Å². The molecule has 0 fully saturated rings. The van der Waals surface area contributed by atoms with E-state index < -0.39 is 5.41 Å². The van der Waals surface area contributed by atoms with Gasteiger partial charge >= 0.3 is 0 Å². The molecule has 6 heterocycles. The van der Waals surface area contributed by atoms with Gasteiger partial charge in [0.15, 0.2) is 0 Å². The van der Waals surface area contributed by atoms with Crippen LogP contribution >= 0.6 is 0 Å². The van der Waals surface area contributed by atoms with Gasteiger partial charge in [-0.1, -0.05) is 72.8 Å². The van der Waals surface area contributed by atoms with Crippen LogP contribution in [0.3, 0.4) is 0 Å². The second kappa shape index (κ2) is 9.36. The highest BCUT2D eigenvalue weighted by Crippen LogP contribution is 2.62. The van der Waals surface area contributed by atoms with E-state index in [1.54, 1.807) is 0 Å².